The number of methoxy groups -OCH3 is 1. The second-order valence-corrected chi connectivity index (χ2v) is 7.18. The Morgan fingerprint density at radius 1 is 1.17 bits per heavy atom. The molecule has 9 heteroatoms. The Kier molecular flexibility index (Phi) is 6.20. The molecule has 1 saturated heterocycles. The molecule has 3 heterocycles. The first-order chi connectivity index (χ1) is 14.6. The molecule has 1 amide bonds. The summed E-state index contributed by atoms with van der Waals surface area (Å²) in [5.41, 5.74) is 1.48. The van der Waals surface area contributed by atoms with Crippen LogP contribution in [0.1, 0.15) is 11.3 Å². The number of benzene rings is 1. The van der Waals surface area contributed by atoms with Crippen LogP contribution in [0.3, 0.4) is 0 Å². The molecule has 9 nitrogen and oxygen atoms in total. The first-order valence-corrected chi connectivity index (χ1v) is 9.85. The molecule has 1 N–H and O–H groups in total. The topological polar surface area (TPSA) is 91.3 Å². The largest absolute Gasteiger partial charge is 0.491 e. The van der Waals surface area contributed by atoms with Crippen LogP contribution in [0.25, 0.3) is 0 Å². The fourth-order valence-corrected chi connectivity index (χ4v) is 3.48. The van der Waals surface area contributed by atoms with E-state index in [0.29, 0.717) is 37.8 Å². The standard InChI is InChI=1S/C21H25N3O6/c1-27-20-12-24(16(9-17(20)25)11-23-4-6-28-7-5-23)13-21(26)22-10-15-2-3-18-19(8-15)30-14-29-18/h2-3,8-9,12H,4-7,10-11,13-14H2,1H3,(H,22,26). The van der Waals surface area contributed by atoms with Crippen LogP contribution in [-0.2, 0) is 29.2 Å². The molecule has 1 aromatic carbocycles. The van der Waals surface area contributed by atoms with Crippen molar-refractivity contribution in [2.24, 2.45) is 0 Å². The predicted molar refractivity (Wildman–Crippen MR) is 108 cm³/mol. The summed E-state index contributed by atoms with van der Waals surface area (Å²) < 4.78 is 23.0. The summed E-state index contributed by atoms with van der Waals surface area (Å²) in [5.74, 6) is 1.43. The van der Waals surface area contributed by atoms with Crippen molar-refractivity contribution in [1.82, 2.24) is 14.8 Å². The van der Waals surface area contributed by atoms with Gasteiger partial charge < -0.3 is 28.8 Å². The van der Waals surface area contributed by atoms with E-state index in [1.54, 1.807) is 16.8 Å². The van der Waals surface area contributed by atoms with Gasteiger partial charge in [-0.3, -0.25) is 14.5 Å². The Morgan fingerprint density at radius 2 is 1.97 bits per heavy atom. The van der Waals surface area contributed by atoms with Crippen LogP contribution in [0.2, 0.25) is 0 Å². The summed E-state index contributed by atoms with van der Waals surface area (Å²) in [6, 6.07) is 7.12. The molecule has 4 rings (SSSR count). The van der Waals surface area contributed by atoms with Crippen LogP contribution >= 0.6 is 0 Å². The van der Waals surface area contributed by atoms with Gasteiger partial charge in [0.25, 0.3) is 0 Å². The summed E-state index contributed by atoms with van der Waals surface area (Å²) in [7, 11) is 1.45. The highest BCUT2D eigenvalue weighted by atomic mass is 16.7. The molecule has 1 fully saturated rings. The minimum absolute atomic E-state index is 0.0842. The number of nitrogens with one attached hydrogen (secondary N) is 1. The average Bonchev–Trinajstić information content (AvgIpc) is 3.23. The number of fused-ring (bicyclic) bond motifs is 1. The normalized spacial score (nSPS) is 15.8. The summed E-state index contributed by atoms with van der Waals surface area (Å²) >= 11 is 0. The maximum atomic E-state index is 12.6. The number of ether oxygens (including phenoxy) is 4. The van der Waals surface area contributed by atoms with Gasteiger partial charge in [-0.2, -0.15) is 0 Å². The van der Waals surface area contributed by atoms with Crippen molar-refractivity contribution >= 4 is 5.91 Å². The Bertz CT molecular complexity index is 968. The van der Waals surface area contributed by atoms with E-state index in [2.05, 4.69) is 10.2 Å². The molecule has 0 saturated carbocycles. The fraction of sp³-hybridized carbons (Fsp3) is 0.429. The van der Waals surface area contributed by atoms with E-state index in [1.165, 1.54) is 7.11 Å². The zero-order chi connectivity index (χ0) is 20.9. The molecule has 0 atom stereocenters. The van der Waals surface area contributed by atoms with Crippen LogP contribution in [-0.4, -0.2) is 55.6 Å². The number of carbonyl (C=O) groups excluding carboxylic acids is 1. The van der Waals surface area contributed by atoms with Crippen molar-refractivity contribution in [3.05, 3.63) is 51.9 Å². The third-order valence-corrected chi connectivity index (χ3v) is 5.13. The molecule has 0 spiro atoms. The lowest BCUT2D eigenvalue weighted by atomic mass is 10.2. The molecule has 2 aliphatic rings. The van der Waals surface area contributed by atoms with Gasteiger partial charge in [0.1, 0.15) is 6.54 Å². The number of hydrogen-bond donors (Lipinski definition) is 1. The minimum Gasteiger partial charge on any atom is -0.491 e. The van der Waals surface area contributed by atoms with E-state index >= 15 is 0 Å². The van der Waals surface area contributed by atoms with Crippen molar-refractivity contribution in [3.8, 4) is 17.2 Å². The maximum absolute atomic E-state index is 12.6. The van der Waals surface area contributed by atoms with Crippen molar-refractivity contribution in [2.45, 2.75) is 19.6 Å². The number of amides is 1. The van der Waals surface area contributed by atoms with Gasteiger partial charge in [0.05, 0.1) is 26.5 Å². The number of morpholine rings is 1. The summed E-state index contributed by atoms with van der Waals surface area (Å²) in [4.78, 5) is 27.1. The second-order valence-electron chi connectivity index (χ2n) is 7.18. The van der Waals surface area contributed by atoms with Crippen molar-refractivity contribution in [3.63, 3.8) is 0 Å². The molecule has 1 aromatic heterocycles. The maximum Gasteiger partial charge on any atom is 0.240 e. The minimum atomic E-state index is -0.197. The van der Waals surface area contributed by atoms with E-state index in [9.17, 15) is 9.59 Å². The molecule has 0 bridgehead atoms. The number of hydrogen-bond acceptors (Lipinski definition) is 7. The number of nitrogens with zero attached hydrogens (tertiary/aromatic N) is 2. The van der Waals surface area contributed by atoms with Gasteiger partial charge in [-0.25, -0.2) is 0 Å². The van der Waals surface area contributed by atoms with Gasteiger partial charge in [0.2, 0.25) is 18.1 Å². The van der Waals surface area contributed by atoms with Crippen LogP contribution in [0.5, 0.6) is 17.2 Å². The van der Waals surface area contributed by atoms with Crippen LogP contribution < -0.4 is 25.0 Å². The van der Waals surface area contributed by atoms with E-state index in [0.717, 1.165) is 24.3 Å². The third-order valence-electron chi connectivity index (χ3n) is 5.13. The molecule has 0 unspecified atom stereocenters. The molecular weight excluding hydrogens is 390 g/mol. The zero-order valence-electron chi connectivity index (χ0n) is 16.9. The van der Waals surface area contributed by atoms with E-state index < -0.39 is 0 Å². The molecular formula is C21H25N3O6. The third kappa shape index (κ3) is 4.74. The molecule has 0 radical (unpaired) electrons. The highest BCUT2D eigenvalue weighted by Gasteiger charge is 2.17. The van der Waals surface area contributed by atoms with Crippen LogP contribution in [0.15, 0.2) is 35.3 Å². The number of pyridine rings is 1. The Labute approximate surface area is 174 Å². The van der Waals surface area contributed by atoms with Crippen LogP contribution in [0.4, 0.5) is 0 Å². The monoisotopic (exact) mass is 415 g/mol. The predicted octanol–water partition coefficient (Wildman–Crippen LogP) is 0.734. The highest BCUT2D eigenvalue weighted by molar-refractivity contribution is 5.75. The Balaban J connectivity index is 1.43. The molecule has 30 heavy (non-hydrogen) atoms. The van der Waals surface area contributed by atoms with E-state index in [-0.39, 0.29) is 30.4 Å². The lowest BCUT2D eigenvalue weighted by Crippen LogP contribution is -2.37. The summed E-state index contributed by atoms with van der Waals surface area (Å²) in [5, 5.41) is 2.91. The van der Waals surface area contributed by atoms with E-state index in [1.807, 2.05) is 18.2 Å². The zero-order valence-corrected chi connectivity index (χ0v) is 16.9. The summed E-state index contributed by atoms with van der Waals surface area (Å²) in [6.45, 7) is 4.13. The first-order valence-electron chi connectivity index (χ1n) is 9.85. The van der Waals surface area contributed by atoms with Crippen molar-refractivity contribution < 1.29 is 23.7 Å². The molecule has 160 valence electrons. The molecule has 2 aliphatic heterocycles. The van der Waals surface area contributed by atoms with E-state index in [4.69, 9.17) is 18.9 Å². The molecule has 2 aromatic rings. The van der Waals surface area contributed by atoms with Gasteiger partial charge >= 0.3 is 0 Å². The number of carbonyl (C=O) groups is 1. The highest BCUT2D eigenvalue weighted by Crippen LogP contribution is 2.32. The Morgan fingerprint density at radius 3 is 2.77 bits per heavy atom. The first kappa shape index (κ1) is 20.2. The average molecular weight is 415 g/mol. The van der Waals surface area contributed by atoms with Crippen molar-refractivity contribution in [1.29, 1.82) is 0 Å². The Hall–Kier alpha value is -3.04. The lowest BCUT2D eigenvalue weighted by molar-refractivity contribution is -0.121. The van der Waals surface area contributed by atoms with Crippen LogP contribution in [0, 0.1) is 0 Å². The number of rotatable bonds is 7. The lowest BCUT2D eigenvalue weighted by Gasteiger charge is -2.27. The van der Waals surface area contributed by atoms with Gasteiger partial charge in [-0.05, 0) is 17.7 Å². The van der Waals surface area contributed by atoms with Gasteiger partial charge in [-0.1, -0.05) is 6.07 Å². The smallest absolute Gasteiger partial charge is 0.240 e. The van der Waals surface area contributed by atoms with Gasteiger partial charge in [0, 0.05) is 37.9 Å². The van der Waals surface area contributed by atoms with Crippen molar-refractivity contribution in [2.75, 3.05) is 40.2 Å². The summed E-state index contributed by atoms with van der Waals surface area (Å²) in [6.07, 6.45) is 1.60. The number of aromatic nitrogens is 1. The van der Waals surface area contributed by atoms with Gasteiger partial charge in [-0.15, -0.1) is 0 Å². The fourth-order valence-electron chi connectivity index (χ4n) is 3.48. The molecule has 0 aliphatic carbocycles. The SMILES string of the molecule is COc1cn(CC(=O)NCc2ccc3c(c2)OCO3)c(CN2CCOCC2)cc1=O. The van der Waals surface area contributed by atoms with Gasteiger partial charge in [0.15, 0.2) is 17.2 Å². The quantitative estimate of drug-likeness (QED) is 0.713. The second kappa shape index (κ2) is 9.19.